The topological polar surface area (TPSA) is 77.5 Å². The Morgan fingerprint density at radius 1 is 1.14 bits per heavy atom. The molecule has 28 heavy (non-hydrogen) atoms. The van der Waals surface area contributed by atoms with Crippen LogP contribution in [0.5, 0.6) is 11.5 Å². The molecule has 0 radical (unpaired) electrons. The van der Waals surface area contributed by atoms with E-state index in [1.807, 2.05) is 17.5 Å². The molecule has 0 aliphatic rings. The maximum Gasteiger partial charge on any atom is 0.573 e. The number of alkyl halides is 3. The van der Waals surface area contributed by atoms with E-state index in [4.69, 9.17) is 4.74 Å². The van der Waals surface area contributed by atoms with E-state index < -0.39 is 27.0 Å². The Bertz CT molecular complexity index is 1070. The Morgan fingerprint density at radius 2 is 1.93 bits per heavy atom. The molecule has 3 aromatic rings. The molecule has 11 heteroatoms. The molecular weight excluding hydrogens is 417 g/mol. The molecule has 0 fully saturated rings. The Kier molecular flexibility index (Phi) is 5.47. The normalized spacial score (nSPS) is 11.9. The zero-order valence-corrected chi connectivity index (χ0v) is 15.9. The molecule has 148 valence electrons. The molecule has 0 aliphatic heterocycles. The van der Waals surface area contributed by atoms with E-state index in [0.29, 0.717) is 5.56 Å². The predicted octanol–water partition coefficient (Wildman–Crippen LogP) is 4.52. The molecule has 0 saturated heterocycles. The van der Waals surface area contributed by atoms with Gasteiger partial charge in [0.25, 0.3) is 10.0 Å². The van der Waals surface area contributed by atoms with Gasteiger partial charge in [-0.2, -0.15) is 0 Å². The van der Waals surface area contributed by atoms with Crippen LogP contribution in [0, 0.1) is 0 Å². The van der Waals surface area contributed by atoms with Crippen LogP contribution in [0.3, 0.4) is 0 Å². The van der Waals surface area contributed by atoms with Crippen molar-refractivity contribution in [2.24, 2.45) is 0 Å². The van der Waals surface area contributed by atoms with Crippen LogP contribution < -0.4 is 14.2 Å². The monoisotopic (exact) mass is 430 g/mol. The molecule has 0 saturated carbocycles. The zero-order valence-electron chi connectivity index (χ0n) is 14.2. The molecule has 1 N–H and O–H groups in total. The van der Waals surface area contributed by atoms with Crippen LogP contribution in [0.4, 0.5) is 18.9 Å². The fourth-order valence-corrected chi connectivity index (χ4v) is 4.28. The maximum absolute atomic E-state index is 12.7. The third-order valence-corrected chi connectivity index (χ3v) is 5.78. The van der Waals surface area contributed by atoms with Crippen LogP contribution in [-0.4, -0.2) is 26.9 Å². The highest BCUT2D eigenvalue weighted by atomic mass is 32.2. The Balaban J connectivity index is 1.94. The van der Waals surface area contributed by atoms with Crippen molar-refractivity contribution in [3.05, 3.63) is 54.2 Å². The average molecular weight is 430 g/mol. The number of thiophene rings is 1. The summed E-state index contributed by atoms with van der Waals surface area (Å²) in [5.41, 5.74) is 0.839. The number of anilines is 1. The number of ether oxygens (including phenoxy) is 2. The minimum atomic E-state index is -4.96. The minimum Gasteiger partial charge on any atom is -0.495 e. The summed E-state index contributed by atoms with van der Waals surface area (Å²) < 4.78 is 73.9. The van der Waals surface area contributed by atoms with Gasteiger partial charge < -0.3 is 9.47 Å². The van der Waals surface area contributed by atoms with Gasteiger partial charge in [-0.05, 0) is 29.6 Å². The number of hydrogen-bond acceptors (Lipinski definition) is 6. The Labute approximate surface area is 162 Å². The van der Waals surface area contributed by atoms with Crippen molar-refractivity contribution < 1.29 is 31.1 Å². The van der Waals surface area contributed by atoms with E-state index in [0.717, 1.165) is 23.1 Å². The molecule has 3 rings (SSSR count). The number of benzene rings is 1. The first kappa shape index (κ1) is 20.0. The van der Waals surface area contributed by atoms with E-state index in [-0.39, 0.29) is 11.4 Å². The van der Waals surface area contributed by atoms with Crippen molar-refractivity contribution in [3.8, 4) is 21.9 Å². The lowest BCUT2D eigenvalue weighted by molar-refractivity contribution is -0.274. The second-order valence-corrected chi connectivity index (χ2v) is 8.00. The summed E-state index contributed by atoms with van der Waals surface area (Å²) in [6.07, 6.45) is -2.10. The molecule has 2 heterocycles. The molecule has 0 bridgehead atoms. The number of rotatable bonds is 6. The fraction of sp³-hybridized carbons (Fsp3) is 0.118. The summed E-state index contributed by atoms with van der Waals surface area (Å²) in [7, 11) is -3.07. The number of methoxy groups -OCH3 is 1. The van der Waals surface area contributed by atoms with E-state index >= 15 is 0 Å². The van der Waals surface area contributed by atoms with Crippen molar-refractivity contribution in [3.63, 3.8) is 0 Å². The highest BCUT2D eigenvalue weighted by Gasteiger charge is 2.32. The second-order valence-electron chi connectivity index (χ2n) is 5.41. The van der Waals surface area contributed by atoms with Gasteiger partial charge in [0.05, 0.1) is 19.0 Å². The number of nitrogens with one attached hydrogen (secondary N) is 1. The predicted molar refractivity (Wildman–Crippen MR) is 98.0 cm³/mol. The van der Waals surface area contributed by atoms with E-state index in [9.17, 15) is 21.6 Å². The number of hydrogen-bond donors (Lipinski definition) is 1. The van der Waals surface area contributed by atoms with Gasteiger partial charge in [-0.3, -0.25) is 9.71 Å². The quantitative estimate of drug-likeness (QED) is 0.622. The van der Waals surface area contributed by atoms with Crippen molar-refractivity contribution in [1.29, 1.82) is 0 Å². The van der Waals surface area contributed by atoms with E-state index in [1.54, 1.807) is 12.3 Å². The van der Waals surface area contributed by atoms with Gasteiger partial charge >= 0.3 is 6.36 Å². The van der Waals surface area contributed by atoms with Gasteiger partial charge in [0.15, 0.2) is 0 Å². The Hall–Kier alpha value is -2.79. The van der Waals surface area contributed by atoms with Gasteiger partial charge in [-0.15, -0.1) is 24.5 Å². The summed E-state index contributed by atoms with van der Waals surface area (Å²) in [5.74, 6) is -0.816. The molecule has 2 aromatic heterocycles. The summed E-state index contributed by atoms with van der Waals surface area (Å²) >= 11 is 1.45. The first-order valence-corrected chi connectivity index (χ1v) is 10.00. The lowest BCUT2D eigenvalue weighted by Gasteiger charge is -2.14. The SMILES string of the molecule is COc1ccc(OC(F)(F)F)cc1S(=O)(=O)Nc1cncc(-c2cccs2)c1. The number of sulfonamides is 1. The summed E-state index contributed by atoms with van der Waals surface area (Å²) in [5, 5.41) is 1.86. The molecule has 6 nitrogen and oxygen atoms in total. The fourth-order valence-electron chi connectivity index (χ4n) is 2.35. The molecule has 0 atom stereocenters. The second kappa shape index (κ2) is 7.68. The molecule has 0 amide bonds. The Morgan fingerprint density at radius 3 is 2.57 bits per heavy atom. The van der Waals surface area contributed by atoms with Crippen molar-refractivity contribution in [2.75, 3.05) is 11.8 Å². The van der Waals surface area contributed by atoms with Crippen LogP contribution in [0.25, 0.3) is 10.4 Å². The average Bonchev–Trinajstić information content (AvgIpc) is 3.15. The third kappa shape index (κ3) is 4.73. The lowest BCUT2D eigenvalue weighted by atomic mass is 10.2. The highest BCUT2D eigenvalue weighted by molar-refractivity contribution is 7.92. The molecule has 0 unspecified atom stereocenters. The number of halogens is 3. The maximum atomic E-state index is 12.7. The summed E-state index contributed by atoms with van der Waals surface area (Å²) in [6, 6.07) is 8.04. The van der Waals surface area contributed by atoms with Crippen LogP contribution in [0.2, 0.25) is 0 Å². The largest absolute Gasteiger partial charge is 0.573 e. The molecule has 0 aliphatic carbocycles. The number of aromatic nitrogens is 1. The molecule has 0 spiro atoms. The van der Waals surface area contributed by atoms with Crippen LogP contribution in [0.15, 0.2) is 59.1 Å². The number of nitrogens with zero attached hydrogens (tertiary/aromatic N) is 1. The smallest absolute Gasteiger partial charge is 0.495 e. The van der Waals surface area contributed by atoms with Crippen molar-refractivity contribution in [2.45, 2.75) is 11.3 Å². The molecular formula is C17H13F3N2O4S2. The minimum absolute atomic E-state index is 0.135. The summed E-state index contributed by atoms with van der Waals surface area (Å²) in [4.78, 5) is 4.38. The van der Waals surface area contributed by atoms with Crippen LogP contribution in [0.1, 0.15) is 0 Å². The van der Waals surface area contributed by atoms with Gasteiger partial charge in [-0.25, -0.2) is 8.42 Å². The zero-order chi connectivity index (χ0) is 20.4. The van der Waals surface area contributed by atoms with Gasteiger partial charge in [-0.1, -0.05) is 6.07 Å². The van der Waals surface area contributed by atoms with Gasteiger partial charge in [0.1, 0.15) is 16.4 Å². The highest BCUT2D eigenvalue weighted by Crippen LogP contribution is 2.33. The van der Waals surface area contributed by atoms with Crippen molar-refractivity contribution >= 4 is 27.0 Å². The first-order valence-electron chi connectivity index (χ1n) is 7.63. The lowest BCUT2D eigenvalue weighted by Crippen LogP contribution is -2.18. The van der Waals surface area contributed by atoms with E-state index in [1.165, 1.54) is 24.6 Å². The molecule has 1 aromatic carbocycles. The van der Waals surface area contributed by atoms with Gasteiger partial charge in [0.2, 0.25) is 0 Å². The van der Waals surface area contributed by atoms with E-state index in [2.05, 4.69) is 14.4 Å². The van der Waals surface area contributed by atoms with Crippen LogP contribution in [-0.2, 0) is 10.0 Å². The first-order chi connectivity index (χ1) is 13.2. The van der Waals surface area contributed by atoms with Crippen LogP contribution >= 0.6 is 11.3 Å². The van der Waals surface area contributed by atoms with Crippen molar-refractivity contribution in [1.82, 2.24) is 4.98 Å². The standard InChI is InChI=1S/C17H13F3N2O4S2/c1-25-14-5-4-13(26-17(18,19)20)8-16(14)28(23,24)22-12-7-11(9-21-10-12)15-3-2-6-27-15/h2-10,22H,1H3. The summed E-state index contributed by atoms with van der Waals surface area (Å²) in [6.45, 7) is 0. The third-order valence-electron chi connectivity index (χ3n) is 3.45. The van der Waals surface area contributed by atoms with Gasteiger partial charge in [0, 0.05) is 22.7 Å². The number of pyridine rings is 1.